The van der Waals surface area contributed by atoms with Gasteiger partial charge in [-0.1, -0.05) is 13.8 Å². The number of hydrogen-bond acceptors (Lipinski definition) is 5. The minimum atomic E-state index is 0.555. The molecule has 18 heavy (non-hydrogen) atoms. The van der Waals surface area contributed by atoms with Crippen LogP contribution in [0.15, 0.2) is 12.3 Å². The van der Waals surface area contributed by atoms with Crippen LogP contribution in [-0.2, 0) is 6.42 Å². The summed E-state index contributed by atoms with van der Waals surface area (Å²) < 4.78 is 0. The summed E-state index contributed by atoms with van der Waals surface area (Å²) in [6.45, 7) is 7.21. The van der Waals surface area contributed by atoms with Gasteiger partial charge in [-0.25, -0.2) is 9.97 Å². The summed E-state index contributed by atoms with van der Waals surface area (Å²) >= 11 is 0. The molecule has 96 valence electrons. The number of aromatic nitrogens is 5. The third-order valence-electron chi connectivity index (χ3n) is 2.40. The molecule has 0 amide bonds. The van der Waals surface area contributed by atoms with Crippen LogP contribution < -0.4 is 5.32 Å². The zero-order valence-electron chi connectivity index (χ0n) is 10.9. The maximum Gasteiger partial charge on any atom is 0.183 e. The van der Waals surface area contributed by atoms with Gasteiger partial charge in [0.1, 0.15) is 11.5 Å². The van der Waals surface area contributed by atoms with Crippen molar-refractivity contribution in [2.45, 2.75) is 27.2 Å². The summed E-state index contributed by atoms with van der Waals surface area (Å²) in [7, 11) is 0. The monoisotopic (exact) mass is 246 g/mol. The SMILES string of the molecule is CCNc1cc(CC(C)C)nc(-c2cn[nH]n2)n1. The standard InChI is InChI=1S/C12H18N6/c1-4-13-11-6-9(5-8(2)3)15-12(16-11)10-7-14-18-17-10/h6-8H,4-5H2,1-3H3,(H,13,15,16)(H,14,17,18). The van der Waals surface area contributed by atoms with Gasteiger partial charge in [0.15, 0.2) is 5.82 Å². The van der Waals surface area contributed by atoms with Crippen molar-refractivity contribution in [2.75, 3.05) is 11.9 Å². The zero-order chi connectivity index (χ0) is 13.0. The van der Waals surface area contributed by atoms with Gasteiger partial charge in [0.25, 0.3) is 0 Å². The predicted octanol–water partition coefficient (Wildman–Crippen LogP) is 1.89. The number of aromatic amines is 1. The molecule has 0 spiro atoms. The molecule has 2 aromatic heterocycles. The molecule has 0 bridgehead atoms. The Labute approximate surface area is 106 Å². The van der Waals surface area contributed by atoms with Crippen molar-refractivity contribution in [1.29, 1.82) is 0 Å². The van der Waals surface area contributed by atoms with Crippen LogP contribution in [0.3, 0.4) is 0 Å². The summed E-state index contributed by atoms with van der Waals surface area (Å²) in [5, 5.41) is 13.6. The molecule has 2 rings (SSSR count). The minimum absolute atomic E-state index is 0.555. The second-order valence-electron chi connectivity index (χ2n) is 4.55. The Bertz CT molecular complexity index is 491. The number of anilines is 1. The van der Waals surface area contributed by atoms with Crippen LogP contribution in [-0.4, -0.2) is 31.9 Å². The van der Waals surface area contributed by atoms with Gasteiger partial charge in [0.2, 0.25) is 0 Å². The maximum atomic E-state index is 4.52. The Hall–Kier alpha value is -1.98. The fourth-order valence-corrected chi connectivity index (χ4v) is 1.72. The third kappa shape index (κ3) is 3.03. The quantitative estimate of drug-likeness (QED) is 0.842. The molecule has 2 N–H and O–H groups in total. The molecule has 0 saturated carbocycles. The molecule has 0 saturated heterocycles. The van der Waals surface area contributed by atoms with Crippen molar-refractivity contribution < 1.29 is 0 Å². The molecule has 2 aromatic rings. The first-order chi connectivity index (χ1) is 8.69. The van der Waals surface area contributed by atoms with Gasteiger partial charge in [-0.05, 0) is 19.3 Å². The Kier molecular flexibility index (Phi) is 3.86. The Morgan fingerprint density at radius 3 is 2.78 bits per heavy atom. The predicted molar refractivity (Wildman–Crippen MR) is 70.1 cm³/mol. The lowest BCUT2D eigenvalue weighted by Crippen LogP contribution is -2.06. The van der Waals surface area contributed by atoms with E-state index in [1.807, 2.05) is 13.0 Å². The Morgan fingerprint density at radius 2 is 2.17 bits per heavy atom. The van der Waals surface area contributed by atoms with Crippen LogP contribution in [0.2, 0.25) is 0 Å². The van der Waals surface area contributed by atoms with E-state index >= 15 is 0 Å². The number of H-pyrrole nitrogens is 1. The summed E-state index contributed by atoms with van der Waals surface area (Å²) in [5.41, 5.74) is 1.69. The van der Waals surface area contributed by atoms with Crippen molar-refractivity contribution >= 4 is 5.82 Å². The summed E-state index contributed by atoms with van der Waals surface area (Å²) in [4.78, 5) is 8.95. The summed E-state index contributed by atoms with van der Waals surface area (Å²) in [6, 6.07) is 1.99. The third-order valence-corrected chi connectivity index (χ3v) is 2.40. The Morgan fingerprint density at radius 1 is 1.33 bits per heavy atom. The van der Waals surface area contributed by atoms with Crippen molar-refractivity contribution in [2.24, 2.45) is 5.92 Å². The first-order valence-electron chi connectivity index (χ1n) is 6.17. The fraction of sp³-hybridized carbons (Fsp3) is 0.500. The van der Waals surface area contributed by atoms with Gasteiger partial charge in [-0.2, -0.15) is 15.4 Å². The van der Waals surface area contributed by atoms with Gasteiger partial charge in [0.05, 0.1) is 6.20 Å². The van der Waals surface area contributed by atoms with E-state index in [0.29, 0.717) is 17.4 Å². The van der Waals surface area contributed by atoms with Gasteiger partial charge in [-0.3, -0.25) is 0 Å². The number of rotatable bonds is 5. The molecule has 6 nitrogen and oxygen atoms in total. The minimum Gasteiger partial charge on any atom is -0.370 e. The average Bonchev–Trinajstić information content (AvgIpc) is 2.81. The smallest absolute Gasteiger partial charge is 0.183 e. The van der Waals surface area contributed by atoms with Crippen LogP contribution in [0.4, 0.5) is 5.82 Å². The molecule has 0 aliphatic carbocycles. The molecular weight excluding hydrogens is 228 g/mol. The number of hydrogen-bond donors (Lipinski definition) is 2. The van der Waals surface area contributed by atoms with E-state index < -0.39 is 0 Å². The lowest BCUT2D eigenvalue weighted by molar-refractivity contribution is 0.634. The topological polar surface area (TPSA) is 79.4 Å². The van der Waals surface area contributed by atoms with Crippen LogP contribution in [0, 0.1) is 5.92 Å². The van der Waals surface area contributed by atoms with E-state index in [-0.39, 0.29) is 0 Å². The first kappa shape index (κ1) is 12.5. The molecule has 0 radical (unpaired) electrons. The summed E-state index contributed by atoms with van der Waals surface area (Å²) in [6.07, 6.45) is 2.55. The zero-order valence-corrected chi connectivity index (χ0v) is 10.9. The normalized spacial score (nSPS) is 10.9. The fourth-order valence-electron chi connectivity index (χ4n) is 1.72. The van der Waals surface area contributed by atoms with Crippen LogP contribution in [0.1, 0.15) is 26.5 Å². The van der Waals surface area contributed by atoms with E-state index in [1.54, 1.807) is 6.20 Å². The van der Waals surface area contributed by atoms with Gasteiger partial charge >= 0.3 is 0 Å². The molecule has 0 unspecified atom stereocenters. The number of nitrogens with zero attached hydrogens (tertiary/aromatic N) is 4. The second-order valence-corrected chi connectivity index (χ2v) is 4.55. The highest BCUT2D eigenvalue weighted by atomic mass is 15.3. The van der Waals surface area contributed by atoms with Gasteiger partial charge < -0.3 is 5.32 Å². The summed E-state index contributed by atoms with van der Waals surface area (Å²) in [5.74, 6) is 2.00. The van der Waals surface area contributed by atoms with Gasteiger partial charge in [0, 0.05) is 18.3 Å². The van der Waals surface area contributed by atoms with Crippen molar-refractivity contribution in [3.63, 3.8) is 0 Å². The first-order valence-corrected chi connectivity index (χ1v) is 6.17. The van der Waals surface area contributed by atoms with Gasteiger partial charge in [-0.15, -0.1) is 0 Å². The number of nitrogens with one attached hydrogen (secondary N) is 2. The molecule has 0 aromatic carbocycles. The molecule has 0 atom stereocenters. The van der Waals surface area contributed by atoms with Crippen molar-refractivity contribution in [1.82, 2.24) is 25.4 Å². The van der Waals surface area contributed by atoms with Crippen LogP contribution in [0.5, 0.6) is 0 Å². The van der Waals surface area contributed by atoms with Crippen molar-refractivity contribution in [3.05, 3.63) is 18.0 Å². The van der Waals surface area contributed by atoms with E-state index in [1.165, 1.54) is 0 Å². The average molecular weight is 246 g/mol. The molecular formula is C12H18N6. The largest absolute Gasteiger partial charge is 0.370 e. The highest BCUT2D eigenvalue weighted by Crippen LogP contribution is 2.16. The molecule has 0 aliphatic rings. The molecule has 2 heterocycles. The Balaban J connectivity index is 2.36. The van der Waals surface area contributed by atoms with Crippen molar-refractivity contribution in [3.8, 4) is 11.5 Å². The van der Waals surface area contributed by atoms with Crippen LogP contribution >= 0.6 is 0 Å². The molecule has 6 heteroatoms. The highest BCUT2D eigenvalue weighted by Gasteiger charge is 2.09. The van der Waals surface area contributed by atoms with E-state index in [0.717, 1.165) is 24.5 Å². The maximum absolute atomic E-state index is 4.52. The van der Waals surface area contributed by atoms with Crippen LogP contribution in [0.25, 0.3) is 11.5 Å². The van der Waals surface area contributed by atoms with E-state index in [2.05, 4.69) is 44.5 Å². The lowest BCUT2D eigenvalue weighted by atomic mass is 10.1. The lowest BCUT2D eigenvalue weighted by Gasteiger charge is -2.09. The molecule has 0 aliphatic heterocycles. The van der Waals surface area contributed by atoms with E-state index in [4.69, 9.17) is 0 Å². The van der Waals surface area contributed by atoms with E-state index in [9.17, 15) is 0 Å². The highest BCUT2D eigenvalue weighted by molar-refractivity contribution is 5.51. The molecule has 0 fully saturated rings. The second kappa shape index (κ2) is 5.57.